The van der Waals surface area contributed by atoms with Crippen molar-refractivity contribution in [3.05, 3.63) is 71.1 Å². The van der Waals surface area contributed by atoms with Gasteiger partial charge in [-0.1, -0.05) is 30.3 Å². The maximum absolute atomic E-state index is 15.7. The second-order valence-electron chi connectivity index (χ2n) is 10.2. The van der Waals surface area contributed by atoms with Crippen LogP contribution in [0.15, 0.2) is 42.5 Å². The molecular weight excluding hydrogens is 491 g/mol. The predicted octanol–water partition coefficient (Wildman–Crippen LogP) is 4.22. The molecule has 5 rings (SSSR count). The van der Waals surface area contributed by atoms with E-state index in [0.717, 1.165) is 18.6 Å². The minimum Gasteiger partial charge on any atom is -0.330 e. The number of nitrogens with one attached hydrogen (secondary N) is 1. The third kappa shape index (κ3) is 4.18. The van der Waals surface area contributed by atoms with E-state index in [2.05, 4.69) is 9.57 Å². The van der Waals surface area contributed by atoms with Gasteiger partial charge in [0.15, 0.2) is 0 Å². The van der Waals surface area contributed by atoms with E-state index < -0.39 is 56.6 Å². The van der Waals surface area contributed by atoms with Crippen LogP contribution >= 0.6 is 0 Å². The molecule has 2 aromatic carbocycles. The van der Waals surface area contributed by atoms with Crippen molar-refractivity contribution in [1.82, 2.24) is 9.62 Å². The molecule has 6 nitrogen and oxygen atoms in total. The molecule has 2 aliphatic carbocycles. The monoisotopic (exact) mass is 517 g/mol. The average Bonchev–Trinajstić information content (AvgIpc) is 3.56. The zero-order chi connectivity index (χ0) is 25.7. The lowest BCUT2D eigenvalue weighted by Gasteiger charge is -2.36. The van der Waals surface area contributed by atoms with E-state index in [0.29, 0.717) is 31.2 Å². The lowest BCUT2D eigenvalue weighted by atomic mass is 9.76. The summed E-state index contributed by atoms with van der Waals surface area (Å²) in [6, 6.07) is 7.24. The highest BCUT2D eigenvalue weighted by Gasteiger charge is 2.65. The molecule has 2 aromatic rings. The lowest BCUT2D eigenvalue weighted by Crippen LogP contribution is -2.56. The molecular formula is C26H26F3N3O3S. The number of carbonyl (C=O) groups is 1. The second-order valence-corrected chi connectivity index (χ2v) is 11.9. The Morgan fingerprint density at radius 1 is 1.14 bits per heavy atom. The Bertz CT molecular complexity index is 1340. The van der Waals surface area contributed by atoms with Gasteiger partial charge >= 0.3 is 11.4 Å². The molecule has 0 aromatic heterocycles. The number of benzene rings is 2. The number of likely N-dealkylation sites (tertiary alicyclic amines) is 1. The van der Waals surface area contributed by atoms with Crippen LogP contribution in [-0.2, 0) is 21.2 Å². The molecule has 190 valence electrons. The molecule has 1 saturated heterocycles. The number of halogens is 3. The van der Waals surface area contributed by atoms with Crippen LogP contribution in [0, 0.1) is 23.6 Å². The van der Waals surface area contributed by atoms with Crippen LogP contribution in [0.2, 0.25) is 0 Å². The molecule has 3 fully saturated rings. The fraction of sp³-hybridized carbons (Fsp3) is 0.462. The minimum absolute atomic E-state index is 0.00993. The van der Waals surface area contributed by atoms with Gasteiger partial charge in [0.1, 0.15) is 11.6 Å². The van der Waals surface area contributed by atoms with Gasteiger partial charge in [0.2, 0.25) is 16.0 Å². The number of alkyl halides is 1. The van der Waals surface area contributed by atoms with E-state index in [1.54, 1.807) is 30.3 Å². The number of nitrogens with zero attached hydrogens (tertiary/aromatic N) is 2. The third-order valence-electron chi connectivity index (χ3n) is 7.95. The Hall–Kier alpha value is -2.90. The largest absolute Gasteiger partial charge is 0.330 e. The summed E-state index contributed by atoms with van der Waals surface area (Å²) >= 11 is 0. The van der Waals surface area contributed by atoms with E-state index in [1.165, 1.54) is 4.90 Å². The second kappa shape index (κ2) is 8.89. The van der Waals surface area contributed by atoms with Crippen molar-refractivity contribution in [3.63, 3.8) is 0 Å². The summed E-state index contributed by atoms with van der Waals surface area (Å²) in [5.74, 6) is -1.75. The number of rotatable bonds is 7. The first-order valence-corrected chi connectivity index (χ1v) is 13.6. The lowest BCUT2D eigenvalue weighted by molar-refractivity contribution is -0.139. The highest BCUT2D eigenvalue weighted by molar-refractivity contribution is 7.89. The van der Waals surface area contributed by atoms with Gasteiger partial charge in [-0.05, 0) is 48.9 Å². The molecule has 1 N–H and O–H groups in total. The van der Waals surface area contributed by atoms with Crippen LogP contribution in [0.4, 0.5) is 13.2 Å². The molecule has 36 heavy (non-hydrogen) atoms. The van der Waals surface area contributed by atoms with Gasteiger partial charge < -0.3 is 4.90 Å². The van der Waals surface area contributed by atoms with Crippen molar-refractivity contribution >= 4 is 15.9 Å². The van der Waals surface area contributed by atoms with Gasteiger partial charge in [-0.15, -0.1) is 0 Å². The van der Waals surface area contributed by atoms with Crippen molar-refractivity contribution in [3.8, 4) is 11.1 Å². The van der Waals surface area contributed by atoms with Crippen molar-refractivity contribution in [2.45, 2.75) is 56.1 Å². The summed E-state index contributed by atoms with van der Waals surface area (Å²) in [7, 11) is -4.29. The summed E-state index contributed by atoms with van der Waals surface area (Å²) in [6.07, 6.45) is 2.58. The first kappa shape index (κ1) is 24.8. The number of hydrogen-bond acceptors (Lipinski definition) is 3. The average molecular weight is 518 g/mol. The smallest absolute Gasteiger partial charge is 0.309 e. The van der Waals surface area contributed by atoms with Gasteiger partial charge in [0, 0.05) is 36.4 Å². The van der Waals surface area contributed by atoms with Crippen molar-refractivity contribution in [2.24, 2.45) is 5.41 Å². The van der Waals surface area contributed by atoms with Gasteiger partial charge in [-0.3, -0.25) is 9.64 Å². The molecule has 0 radical (unpaired) electrons. The van der Waals surface area contributed by atoms with E-state index in [4.69, 9.17) is 6.57 Å². The number of carbonyl (C=O) groups excluding carboxylic acids is 1. The fourth-order valence-electron chi connectivity index (χ4n) is 5.65. The Morgan fingerprint density at radius 3 is 2.39 bits per heavy atom. The fourth-order valence-corrected chi connectivity index (χ4v) is 6.51. The first-order chi connectivity index (χ1) is 17.1. The maximum atomic E-state index is 15.7. The summed E-state index contributed by atoms with van der Waals surface area (Å²) in [4.78, 5) is 18.7. The Labute approximate surface area is 208 Å². The van der Waals surface area contributed by atoms with Crippen molar-refractivity contribution in [1.29, 1.82) is 0 Å². The van der Waals surface area contributed by atoms with Crippen LogP contribution in [0.25, 0.3) is 16.0 Å². The molecule has 0 bridgehead atoms. The molecule has 1 spiro atoms. The Kier molecular flexibility index (Phi) is 6.12. The van der Waals surface area contributed by atoms with Crippen molar-refractivity contribution in [2.75, 3.05) is 12.6 Å². The zero-order valence-corrected chi connectivity index (χ0v) is 20.3. The summed E-state index contributed by atoms with van der Waals surface area (Å²) < 4.78 is 70.6. The Balaban J connectivity index is 1.56. The summed E-state index contributed by atoms with van der Waals surface area (Å²) in [5, 5.41) is 0. The third-order valence-corrected chi connectivity index (χ3v) is 8.85. The van der Waals surface area contributed by atoms with E-state index in [-0.39, 0.29) is 24.1 Å². The van der Waals surface area contributed by atoms with E-state index in [9.17, 15) is 22.0 Å². The molecule has 2 atom stereocenters. The predicted molar refractivity (Wildman–Crippen MR) is 128 cm³/mol. The van der Waals surface area contributed by atoms with Crippen LogP contribution in [0.3, 0.4) is 0 Å². The maximum Gasteiger partial charge on any atom is 0.309 e. The van der Waals surface area contributed by atoms with Crippen LogP contribution in [-0.4, -0.2) is 49.4 Å². The number of sulfonamides is 1. The highest BCUT2D eigenvalue weighted by Crippen LogP contribution is 2.56. The van der Waals surface area contributed by atoms with Gasteiger partial charge in [0.25, 0.3) is 0 Å². The van der Waals surface area contributed by atoms with Crippen molar-refractivity contribution < 1.29 is 26.4 Å². The van der Waals surface area contributed by atoms with Gasteiger partial charge in [-0.2, -0.15) is 0 Å². The molecule has 0 unspecified atom stereocenters. The first-order valence-electron chi connectivity index (χ1n) is 11.9. The standard InChI is InChI=1S/C26H26F3N3O3S/c1-30-26(8-5-9-26)24(33)32-15-25(10-11-25)23(31-36(34,35)16-27)21(32)13-18-12-19(28)14-20(22(18)29)17-6-3-2-4-7-17/h2-4,6-7,12,14,21,23,31H,5,8-11,13,15-16H2/t21-,23+/m0/s1. The minimum atomic E-state index is -4.29. The quantitative estimate of drug-likeness (QED) is 0.559. The van der Waals surface area contributed by atoms with Gasteiger partial charge in [0.05, 0.1) is 6.04 Å². The van der Waals surface area contributed by atoms with E-state index in [1.807, 2.05) is 0 Å². The highest BCUT2D eigenvalue weighted by atomic mass is 32.2. The zero-order valence-electron chi connectivity index (χ0n) is 19.5. The van der Waals surface area contributed by atoms with Crippen LogP contribution in [0.5, 0.6) is 0 Å². The van der Waals surface area contributed by atoms with Crippen LogP contribution in [0.1, 0.15) is 37.7 Å². The Morgan fingerprint density at radius 2 is 1.83 bits per heavy atom. The molecule has 2 saturated carbocycles. The van der Waals surface area contributed by atoms with Gasteiger partial charge in [-0.25, -0.2) is 32.9 Å². The SMILES string of the molecule is [C-]#[N+]C1(C(=O)N2CC3(CC3)[C@H](NS(=O)(=O)CF)[C@@H]2Cc2cc(F)cc(-c3ccccc3)c2F)CCC1. The van der Waals surface area contributed by atoms with Crippen LogP contribution < -0.4 is 4.72 Å². The number of amides is 1. The molecule has 1 aliphatic heterocycles. The number of hydrogen-bond donors (Lipinski definition) is 1. The molecule has 1 amide bonds. The molecule has 1 heterocycles. The molecule has 3 aliphatic rings. The summed E-state index contributed by atoms with van der Waals surface area (Å²) in [5.41, 5.74) is -1.30. The van der Waals surface area contributed by atoms with E-state index >= 15 is 4.39 Å². The molecule has 10 heteroatoms. The summed E-state index contributed by atoms with van der Waals surface area (Å²) in [6.45, 7) is 7.81. The topological polar surface area (TPSA) is 70.8 Å². The normalized spacial score (nSPS) is 23.8.